The number of aliphatic hydroxyl groups is 1. The summed E-state index contributed by atoms with van der Waals surface area (Å²) in [7, 11) is 0. The predicted molar refractivity (Wildman–Crippen MR) is 86.7 cm³/mol. The van der Waals surface area contributed by atoms with Gasteiger partial charge >= 0.3 is 0 Å². The van der Waals surface area contributed by atoms with E-state index in [0.29, 0.717) is 12.1 Å². The molecule has 0 aromatic heterocycles. The SMILES string of the molecule is O=C(Cc1cc(Br)ccc1F)N(CCO)Cc1ccccc1. The molecule has 0 saturated carbocycles. The van der Waals surface area contributed by atoms with Gasteiger partial charge < -0.3 is 10.0 Å². The highest BCUT2D eigenvalue weighted by Gasteiger charge is 2.16. The Kier molecular flexibility index (Phi) is 6.10. The molecule has 0 spiro atoms. The third kappa shape index (κ3) is 4.64. The van der Waals surface area contributed by atoms with Crippen LogP contribution in [0.1, 0.15) is 11.1 Å². The van der Waals surface area contributed by atoms with Crippen LogP contribution in [0.15, 0.2) is 53.0 Å². The Morgan fingerprint density at radius 2 is 1.91 bits per heavy atom. The van der Waals surface area contributed by atoms with Crippen molar-refractivity contribution in [2.45, 2.75) is 13.0 Å². The molecule has 0 aliphatic carbocycles. The molecule has 0 atom stereocenters. The summed E-state index contributed by atoms with van der Waals surface area (Å²) in [6.07, 6.45) is -0.0297. The van der Waals surface area contributed by atoms with Crippen molar-refractivity contribution in [1.82, 2.24) is 4.90 Å². The van der Waals surface area contributed by atoms with E-state index in [1.165, 1.54) is 11.0 Å². The van der Waals surface area contributed by atoms with Gasteiger partial charge in [-0.3, -0.25) is 4.79 Å². The van der Waals surface area contributed by atoms with E-state index < -0.39 is 5.82 Å². The summed E-state index contributed by atoms with van der Waals surface area (Å²) in [5, 5.41) is 9.15. The van der Waals surface area contributed by atoms with Crippen molar-refractivity contribution in [1.29, 1.82) is 0 Å². The van der Waals surface area contributed by atoms with E-state index in [-0.39, 0.29) is 25.5 Å². The second kappa shape index (κ2) is 8.06. The van der Waals surface area contributed by atoms with Gasteiger partial charge in [-0.15, -0.1) is 0 Å². The molecule has 2 aromatic rings. The number of rotatable bonds is 6. The maximum absolute atomic E-state index is 13.8. The second-order valence-corrected chi connectivity index (χ2v) is 5.85. The molecule has 1 N–H and O–H groups in total. The van der Waals surface area contributed by atoms with Gasteiger partial charge in [-0.05, 0) is 29.3 Å². The fourth-order valence-corrected chi connectivity index (χ4v) is 2.58. The van der Waals surface area contributed by atoms with Crippen molar-refractivity contribution in [3.63, 3.8) is 0 Å². The lowest BCUT2D eigenvalue weighted by Crippen LogP contribution is -2.34. The maximum Gasteiger partial charge on any atom is 0.227 e. The molecule has 0 radical (unpaired) electrons. The van der Waals surface area contributed by atoms with Crippen LogP contribution in [0.5, 0.6) is 0 Å². The van der Waals surface area contributed by atoms with Crippen molar-refractivity contribution < 1.29 is 14.3 Å². The van der Waals surface area contributed by atoms with Crippen LogP contribution in [0.4, 0.5) is 4.39 Å². The monoisotopic (exact) mass is 365 g/mol. The Morgan fingerprint density at radius 1 is 1.18 bits per heavy atom. The summed E-state index contributed by atoms with van der Waals surface area (Å²) < 4.78 is 14.5. The van der Waals surface area contributed by atoms with Crippen LogP contribution >= 0.6 is 15.9 Å². The second-order valence-electron chi connectivity index (χ2n) is 4.94. The molecule has 0 aliphatic rings. The zero-order valence-corrected chi connectivity index (χ0v) is 13.6. The van der Waals surface area contributed by atoms with Crippen molar-refractivity contribution in [2.24, 2.45) is 0 Å². The van der Waals surface area contributed by atoms with Crippen molar-refractivity contribution >= 4 is 21.8 Å². The summed E-state index contributed by atoms with van der Waals surface area (Å²) in [5.41, 5.74) is 1.31. The summed E-state index contributed by atoms with van der Waals surface area (Å²) in [5.74, 6) is -0.616. The molecule has 0 fully saturated rings. The highest BCUT2D eigenvalue weighted by atomic mass is 79.9. The molecule has 0 aliphatic heterocycles. The number of aliphatic hydroxyl groups excluding tert-OH is 1. The van der Waals surface area contributed by atoms with Crippen LogP contribution in [0, 0.1) is 5.82 Å². The molecule has 3 nitrogen and oxygen atoms in total. The number of nitrogens with zero attached hydrogens (tertiary/aromatic N) is 1. The van der Waals surface area contributed by atoms with Crippen LogP contribution in [-0.2, 0) is 17.8 Å². The minimum atomic E-state index is -0.403. The summed E-state index contributed by atoms with van der Waals surface area (Å²) in [6.45, 7) is 0.499. The van der Waals surface area contributed by atoms with E-state index in [9.17, 15) is 9.18 Å². The van der Waals surface area contributed by atoms with Gasteiger partial charge in [0.15, 0.2) is 0 Å². The highest BCUT2D eigenvalue weighted by Crippen LogP contribution is 2.17. The molecule has 0 heterocycles. The Labute approximate surface area is 137 Å². The smallest absolute Gasteiger partial charge is 0.227 e. The summed E-state index contributed by atoms with van der Waals surface area (Å²) >= 11 is 3.28. The molecule has 0 unspecified atom stereocenters. The normalized spacial score (nSPS) is 10.5. The van der Waals surface area contributed by atoms with Crippen molar-refractivity contribution in [2.75, 3.05) is 13.2 Å². The first-order valence-corrected chi connectivity index (χ1v) is 7.76. The number of amides is 1. The summed E-state index contributed by atoms with van der Waals surface area (Å²) in [4.78, 5) is 13.9. The van der Waals surface area contributed by atoms with E-state index >= 15 is 0 Å². The molecule has 22 heavy (non-hydrogen) atoms. The number of halogens is 2. The van der Waals surface area contributed by atoms with Gasteiger partial charge in [-0.25, -0.2) is 4.39 Å². The number of hydrogen-bond acceptors (Lipinski definition) is 2. The fourth-order valence-electron chi connectivity index (χ4n) is 2.17. The average molecular weight is 366 g/mol. The van der Waals surface area contributed by atoms with Crippen molar-refractivity contribution in [3.8, 4) is 0 Å². The molecule has 1 amide bonds. The number of carbonyl (C=O) groups is 1. The van der Waals surface area contributed by atoms with E-state index in [0.717, 1.165) is 10.0 Å². The minimum absolute atomic E-state index is 0.0297. The van der Waals surface area contributed by atoms with Crippen LogP contribution in [0.3, 0.4) is 0 Å². The zero-order valence-electron chi connectivity index (χ0n) is 12.0. The van der Waals surface area contributed by atoms with Gasteiger partial charge in [-0.2, -0.15) is 0 Å². The first-order chi connectivity index (χ1) is 10.6. The molecular weight excluding hydrogens is 349 g/mol. The molecule has 5 heteroatoms. The van der Waals surface area contributed by atoms with Gasteiger partial charge in [0, 0.05) is 17.6 Å². The quantitative estimate of drug-likeness (QED) is 0.853. The summed E-state index contributed by atoms with van der Waals surface area (Å²) in [6, 6.07) is 14.1. The fraction of sp³-hybridized carbons (Fsp3) is 0.235. The number of hydrogen-bond donors (Lipinski definition) is 1. The standard InChI is InChI=1S/C17H17BrFNO2/c18-15-6-7-16(19)14(10-15)11-17(22)20(8-9-21)12-13-4-2-1-3-5-13/h1-7,10,21H,8-9,11-12H2. The van der Waals surface area contributed by atoms with Crippen molar-refractivity contribution in [3.05, 3.63) is 69.9 Å². The van der Waals surface area contributed by atoms with E-state index in [1.807, 2.05) is 30.3 Å². The lowest BCUT2D eigenvalue weighted by molar-refractivity contribution is -0.131. The minimum Gasteiger partial charge on any atom is -0.395 e. The Morgan fingerprint density at radius 3 is 2.59 bits per heavy atom. The predicted octanol–water partition coefficient (Wildman–Crippen LogP) is 3.15. The lowest BCUT2D eigenvalue weighted by Gasteiger charge is -2.22. The molecule has 0 bridgehead atoms. The molecule has 2 aromatic carbocycles. The topological polar surface area (TPSA) is 40.5 Å². The van der Waals surface area contributed by atoms with Gasteiger partial charge in [-0.1, -0.05) is 46.3 Å². The van der Waals surface area contributed by atoms with Gasteiger partial charge in [0.1, 0.15) is 5.82 Å². The third-order valence-corrected chi connectivity index (χ3v) is 3.78. The van der Waals surface area contributed by atoms with Crippen LogP contribution in [0.25, 0.3) is 0 Å². The van der Waals surface area contributed by atoms with Crippen LogP contribution in [-0.4, -0.2) is 29.1 Å². The van der Waals surface area contributed by atoms with E-state index in [1.54, 1.807) is 12.1 Å². The van der Waals surface area contributed by atoms with Crippen LogP contribution < -0.4 is 0 Å². The largest absolute Gasteiger partial charge is 0.395 e. The lowest BCUT2D eigenvalue weighted by atomic mass is 10.1. The third-order valence-electron chi connectivity index (χ3n) is 3.29. The van der Waals surface area contributed by atoms with Gasteiger partial charge in [0.2, 0.25) is 5.91 Å². The van der Waals surface area contributed by atoms with Gasteiger partial charge in [0.05, 0.1) is 13.0 Å². The molecule has 0 saturated heterocycles. The Bertz CT molecular complexity index is 634. The number of carbonyl (C=O) groups excluding carboxylic acids is 1. The molecule has 2 rings (SSSR count). The number of benzene rings is 2. The van der Waals surface area contributed by atoms with E-state index in [4.69, 9.17) is 5.11 Å². The Hall–Kier alpha value is -1.72. The Balaban J connectivity index is 2.11. The van der Waals surface area contributed by atoms with Crippen LogP contribution in [0.2, 0.25) is 0 Å². The van der Waals surface area contributed by atoms with Gasteiger partial charge in [0.25, 0.3) is 0 Å². The first-order valence-electron chi connectivity index (χ1n) is 6.96. The maximum atomic E-state index is 13.8. The zero-order chi connectivity index (χ0) is 15.9. The van der Waals surface area contributed by atoms with E-state index in [2.05, 4.69) is 15.9 Å². The average Bonchev–Trinajstić information content (AvgIpc) is 2.51. The highest BCUT2D eigenvalue weighted by molar-refractivity contribution is 9.10. The molecular formula is C17H17BrFNO2. The molecule has 116 valence electrons. The first kappa shape index (κ1) is 16.6.